The first kappa shape index (κ1) is 15.6. The molecule has 0 saturated carbocycles. The van der Waals surface area contributed by atoms with Crippen molar-refractivity contribution in [2.24, 2.45) is 0 Å². The van der Waals surface area contributed by atoms with Gasteiger partial charge in [-0.1, -0.05) is 23.4 Å². The zero-order chi connectivity index (χ0) is 15.6. The number of anilines is 1. The molecule has 0 fully saturated rings. The van der Waals surface area contributed by atoms with Crippen LogP contribution in [-0.2, 0) is 5.75 Å². The van der Waals surface area contributed by atoms with Crippen LogP contribution < -0.4 is 5.73 Å². The van der Waals surface area contributed by atoms with Crippen LogP contribution >= 0.6 is 23.4 Å². The summed E-state index contributed by atoms with van der Waals surface area (Å²) in [5, 5.41) is 19.9. The topological polar surface area (TPSA) is 99.9 Å². The summed E-state index contributed by atoms with van der Waals surface area (Å²) in [4.78, 5) is 10.6. The zero-order valence-corrected chi connectivity index (χ0v) is 13.1. The maximum Gasteiger partial charge on any atom is 0.273 e. The van der Waals surface area contributed by atoms with Crippen LogP contribution in [0, 0.1) is 10.1 Å². The van der Waals surface area contributed by atoms with Gasteiger partial charge in [0.15, 0.2) is 5.16 Å². The Morgan fingerprint density at radius 3 is 2.81 bits per heavy atom. The summed E-state index contributed by atoms with van der Waals surface area (Å²) in [7, 11) is 0. The molecule has 0 aliphatic heterocycles. The Balaban J connectivity index is 2.25. The molecule has 21 heavy (non-hydrogen) atoms. The second kappa shape index (κ2) is 6.31. The first-order chi connectivity index (χ1) is 9.90. The third-order valence-corrected chi connectivity index (χ3v) is 4.03. The summed E-state index contributed by atoms with van der Waals surface area (Å²) < 4.78 is 1.78. The van der Waals surface area contributed by atoms with E-state index >= 15 is 0 Å². The molecule has 0 amide bonds. The Labute approximate surface area is 130 Å². The number of nitrogens with two attached hydrogens (primary N) is 1. The molecule has 9 heteroatoms. The average Bonchev–Trinajstić information content (AvgIpc) is 2.77. The Bertz CT molecular complexity index is 674. The van der Waals surface area contributed by atoms with E-state index in [1.165, 1.54) is 23.9 Å². The van der Waals surface area contributed by atoms with Crippen molar-refractivity contribution in [2.75, 3.05) is 5.73 Å². The van der Waals surface area contributed by atoms with Gasteiger partial charge in [0.2, 0.25) is 5.95 Å². The quantitative estimate of drug-likeness (QED) is 0.514. The van der Waals surface area contributed by atoms with Gasteiger partial charge in [-0.25, -0.2) is 0 Å². The van der Waals surface area contributed by atoms with E-state index in [4.69, 9.17) is 17.3 Å². The summed E-state index contributed by atoms with van der Waals surface area (Å²) >= 11 is 7.24. The van der Waals surface area contributed by atoms with Gasteiger partial charge in [-0.15, -0.1) is 10.2 Å². The largest absolute Gasteiger partial charge is 0.368 e. The molecular weight excluding hydrogens is 314 g/mol. The molecule has 0 aliphatic carbocycles. The van der Waals surface area contributed by atoms with E-state index in [-0.39, 0.29) is 11.7 Å². The van der Waals surface area contributed by atoms with Crippen LogP contribution in [-0.4, -0.2) is 19.7 Å². The molecule has 7 nitrogen and oxygen atoms in total. The molecule has 0 radical (unpaired) electrons. The first-order valence-corrected chi connectivity index (χ1v) is 7.52. The van der Waals surface area contributed by atoms with Crippen molar-refractivity contribution in [3.8, 4) is 0 Å². The van der Waals surface area contributed by atoms with E-state index in [1.54, 1.807) is 10.6 Å². The van der Waals surface area contributed by atoms with Crippen LogP contribution in [0.25, 0.3) is 0 Å². The normalized spacial score (nSPS) is 11.0. The highest BCUT2D eigenvalue weighted by atomic mass is 35.5. The summed E-state index contributed by atoms with van der Waals surface area (Å²) in [6, 6.07) is 4.60. The van der Waals surface area contributed by atoms with Gasteiger partial charge < -0.3 is 5.73 Å². The standard InChI is InChI=1S/C12H14ClN5O2S/c1-7(2)17-11(14)15-16-12(17)21-6-8-5-9(13)3-4-10(8)18(19)20/h3-5,7H,6H2,1-2H3,(H2,14,15). The number of aromatic nitrogens is 3. The number of hydrogen-bond acceptors (Lipinski definition) is 6. The van der Waals surface area contributed by atoms with Crippen molar-refractivity contribution in [1.82, 2.24) is 14.8 Å². The van der Waals surface area contributed by atoms with Crippen LogP contribution in [0.15, 0.2) is 23.4 Å². The molecule has 1 heterocycles. The lowest BCUT2D eigenvalue weighted by Gasteiger charge is -2.11. The van der Waals surface area contributed by atoms with Crippen LogP contribution in [0.4, 0.5) is 11.6 Å². The number of hydrogen-bond donors (Lipinski definition) is 1. The van der Waals surface area contributed by atoms with Crippen molar-refractivity contribution in [3.63, 3.8) is 0 Å². The van der Waals surface area contributed by atoms with E-state index in [1.807, 2.05) is 13.8 Å². The molecule has 0 saturated heterocycles. The molecule has 1 aromatic heterocycles. The van der Waals surface area contributed by atoms with E-state index in [2.05, 4.69) is 10.2 Å². The van der Waals surface area contributed by atoms with E-state index in [0.29, 0.717) is 27.4 Å². The average molecular weight is 328 g/mol. The number of nitro benzene ring substituents is 1. The predicted molar refractivity (Wildman–Crippen MR) is 82.5 cm³/mol. The van der Waals surface area contributed by atoms with Crippen LogP contribution in [0.2, 0.25) is 5.02 Å². The highest BCUT2D eigenvalue weighted by Crippen LogP contribution is 2.31. The van der Waals surface area contributed by atoms with Gasteiger partial charge in [0.1, 0.15) is 0 Å². The van der Waals surface area contributed by atoms with Crippen molar-refractivity contribution in [1.29, 1.82) is 0 Å². The maximum atomic E-state index is 11.0. The van der Waals surface area contributed by atoms with Gasteiger partial charge in [-0.3, -0.25) is 14.7 Å². The number of benzene rings is 1. The number of nitrogen functional groups attached to an aromatic ring is 1. The summed E-state index contributed by atoms with van der Waals surface area (Å²) in [5.41, 5.74) is 6.33. The molecular formula is C12H14ClN5O2S. The molecule has 0 unspecified atom stereocenters. The Hall–Kier alpha value is -1.80. The highest BCUT2D eigenvalue weighted by molar-refractivity contribution is 7.98. The maximum absolute atomic E-state index is 11.0. The lowest BCUT2D eigenvalue weighted by molar-refractivity contribution is -0.385. The molecule has 112 valence electrons. The van der Waals surface area contributed by atoms with Crippen molar-refractivity contribution in [2.45, 2.75) is 30.8 Å². The third kappa shape index (κ3) is 3.45. The van der Waals surface area contributed by atoms with Crippen molar-refractivity contribution < 1.29 is 4.92 Å². The molecule has 0 atom stereocenters. The zero-order valence-electron chi connectivity index (χ0n) is 11.5. The predicted octanol–water partition coefficient (Wildman–Crippen LogP) is 3.30. The monoisotopic (exact) mass is 327 g/mol. The molecule has 2 N–H and O–H groups in total. The molecule has 0 spiro atoms. The number of nitrogens with zero attached hydrogens (tertiary/aromatic N) is 4. The minimum absolute atomic E-state index is 0.0375. The fourth-order valence-electron chi connectivity index (χ4n) is 1.86. The summed E-state index contributed by atoms with van der Waals surface area (Å²) in [6.07, 6.45) is 0. The minimum Gasteiger partial charge on any atom is -0.368 e. The van der Waals surface area contributed by atoms with Crippen LogP contribution in [0.3, 0.4) is 0 Å². The van der Waals surface area contributed by atoms with Crippen molar-refractivity contribution >= 4 is 35.0 Å². The third-order valence-electron chi connectivity index (χ3n) is 2.80. The van der Waals surface area contributed by atoms with Gasteiger partial charge in [0, 0.05) is 28.4 Å². The van der Waals surface area contributed by atoms with Gasteiger partial charge in [0.05, 0.1) is 4.92 Å². The van der Waals surface area contributed by atoms with Gasteiger partial charge in [0.25, 0.3) is 5.69 Å². The fraction of sp³-hybridized carbons (Fsp3) is 0.333. The SMILES string of the molecule is CC(C)n1c(N)nnc1SCc1cc(Cl)ccc1[N+](=O)[O-]. The highest BCUT2D eigenvalue weighted by Gasteiger charge is 2.17. The van der Waals surface area contributed by atoms with Crippen molar-refractivity contribution in [3.05, 3.63) is 38.9 Å². The summed E-state index contributed by atoms with van der Waals surface area (Å²) in [5.74, 6) is 0.690. The second-order valence-corrected chi connectivity index (χ2v) is 6.00. The summed E-state index contributed by atoms with van der Waals surface area (Å²) in [6.45, 7) is 3.93. The molecule has 0 bridgehead atoms. The second-order valence-electron chi connectivity index (χ2n) is 4.62. The Kier molecular flexibility index (Phi) is 4.69. The Morgan fingerprint density at radius 2 is 2.19 bits per heavy atom. The van der Waals surface area contributed by atoms with Crippen LogP contribution in [0.5, 0.6) is 0 Å². The minimum atomic E-state index is -0.423. The smallest absolute Gasteiger partial charge is 0.273 e. The molecule has 1 aromatic carbocycles. The number of nitro groups is 1. The van der Waals surface area contributed by atoms with Gasteiger partial charge in [-0.2, -0.15) is 0 Å². The fourth-order valence-corrected chi connectivity index (χ4v) is 3.11. The lowest BCUT2D eigenvalue weighted by atomic mass is 10.2. The van der Waals surface area contributed by atoms with E-state index in [9.17, 15) is 10.1 Å². The number of thioether (sulfide) groups is 1. The lowest BCUT2D eigenvalue weighted by Crippen LogP contribution is -2.07. The number of halogens is 1. The number of rotatable bonds is 5. The van der Waals surface area contributed by atoms with E-state index in [0.717, 1.165) is 0 Å². The molecule has 2 rings (SSSR count). The molecule has 0 aliphatic rings. The molecule has 2 aromatic rings. The Morgan fingerprint density at radius 1 is 1.48 bits per heavy atom. The van der Waals surface area contributed by atoms with E-state index < -0.39 is 4.92 Å². The van der Waals surface area contributed by atoms with Gasteiger partial charge >= 0.3 is 0 Å². The van der Waals surface area contributed by atoms with Crippen LogP contribution in [0.1, 0.15) is 25.5 Å². The first-order valence-electron chi connectivity index (χ1n) is 6.16. The van der Waals surface area contributed by atoms with Gasteiger partial charge in [-0.05, 0) is 26.0 Å².